The summed E-state index contributed by atoms with van der Waals surface area (Å²) in [5.74, 6) is 0. The Labute approximate surface area is 196 Å². The number of rotatable bonds is 22. The minimum atomic E-state index is -1.55. The van der Waals surface area contributed by atoms with Gasteiger partial charge in [0, 0.05) is 0 Å². The fourth-order valence-electron chi connectivity index (χ4n) is 3.84. The summed E-state index contributed by atoms with van der Waals surface area (Å²) in [6, 6.07) is 0. The topological polar surface area (TPSA) is 43.3 Å². The molecule has 1 N–H and O–H groups in total. The second kappa shape index (κ2) is 21.6. The highest BCUT2D eigenvalue weighted by atomic mass is 31.1. The average molecular weight is 457 g/mol. The summed E-state index contributed by atoms with van der Waals surface area (Å²) in [5.41, 5.74) is 0.191. The van der Waals surface area contributed by atoms with Gasteiger partial charge in [-0.2, -0.15) is 0 Å². The van der Waals surface area contributed by atoms with Crippen molar-refractivity contribution in [3.63, 3.8) is 0 Å². The van der Waals surface area contributed by atoms with E-state index in [1.807, 2.05) is 21.1 Å². The molecule has 0 spiro atoms. The molecule has 184 valence electrons. The van der Waals surface area contributed by atoms with Crippen molar-refractivity contribution in [3.05, 3.63) is 12.2 Å². The van der Waals surface area contributed by atoms with Crippen LogP contribution < -0.4 is 4.89 Å². The van der Waals surface area contributed by atoms with Crippen LogP contribution >= 0.6 is 7.77 Å². The molecule has 0 saturated carbocycles. The van der Waals surface area contributed by atoms with Gasteiger partial charge in [0.25, 0.3) is 5.48 Å². The Morgan fingerprint density at radius 3 is 1.48 bits per heavy atom. The first kappa shape index (κ1) is 30.8. The van der Waals surface area contributed by atoms with Gasteiger partial charge in [-0.25, -0.2) is 0 Å². The normalized spacial score (nSPS) is 13.2. The number of hydrogen-bond donors (Lipinski definition) is 1. The molecule has 31 heavy (non-hydrogen) atoms. The van der Waals surface area contributed by atoms with Crippen molar-refractivity contribution in [1.82, 2.24) is 0 Å². The van der Waals surface area contributed by atoms with Crippen LogP contribution in [0.5, 0.6) is 0 Å². The van der Waals surface area contributed by atoms with E-state index < -0.39 is 7.77 Å². The Balaban J connectivity index is 3.33. The van der Waals surface area contributed by atoms with E-state index in [0.717, 1.165) is 12.8 Å². The zero-order valence-corrected chi connectivity index (χ0v) is 22.4. The van der Waals surface area contributed by atoms with Crippen LogP contribution in [0.15, 0.2) is 12.2 Å². The Hall–Kier alpha value is -0.210. The fraction of sp³-hybridized carbons (Fsp3) is 0.889. The molecule has 0 amide bonds. The van der Waals surface area contributed by atoms with Gasteiger partial charge in [-0.05, 0) is 38.5 Å². The molecule has 0 bridgehead atoms. The van der Waals surface area contributed by atoms with E-state index >= 15 is 0 Å². The predicted molar refractivity (Wildman–Crippen MR) is 140 cm³/mol. The summed E-state index contributed by atoms with van der Waals surface area (Å²) in [6.07, 6.45) is 29.2. The lowest BCUT2D eigenvalue weighted by Crippen LogP contribution is -2.39. The quantitative estimate of drug-likeness (QED) is 0.0791. The number of allylic oxidation sites excluding steroid dienone is 2. The minimum absolute atomic E-state index is 0.191. The standard InChI is InChI=1S/C27H54NO2P/c1-5-6-7-8-9-10-11-12-13-14-15-16-17-18-19-20-21-22-23-24-25-31(30)27(29)26-28(2,3)4/h12-13H,5-11,14-26H2,1-4H3/p+1/b13-12-. The molecule has 0 aliphatic heterocycles. The summed E-state index contributed by atoms with van der Waals surface area (Å²) in [6.45, 7) is 2.77. The van der Waals surface area contributed by atoms with Crippen molar-refractivity contribution in [1.29, 1.82) is 0 Å². The molecule has 3 nitrogen and oxygen atoms in total. The summed E-state index contributed by atoms with van der Waals surface area (Å²) < 4.78 is 0.628. The third-order valence-electron chi connectivity index (χ3n) is 5.78. The first-order valence-electron chi connectivity index (χ1n) is 13.3. The summed E-state index contributed by atoms with van der Waals surface area (Å²) in [7, 11) is 4.47. The Bertz CT molecular complexity index is 455. The lowest BCUT2D eigenvalue weighted by atomic mass is 10.1. The maximum atomic E-state index is 12.1. The van der Waals surface area contributed by atoms with Gasteiger partial charge in [0.1, 0.15) is 6.16 Å². The zero-order valence-electron chi connectivity index (χ0n) is 21.5. The maximum absolute atomic E-state index is 12.1. The monoisotopic (exact) mass is 456 g/mol. The number of unbranched alkanes of at least 4 members (excludes halogenated alkanes) is 16. The van der Waals surface area contributed by atoms with Crippen LogP contribution in [0.1, 0.15) is 122 Å². The van der Waals surface area contributed by atoms with Crippen molar-refractivity contribution in [2.45, 2.75) is 122 Å². The number of aliphatic hydroxyl groups is 1. The van der Waals surface area contributed by atoms with E-state index in [1.165, 1.54) is 103 Å². The van der Waals surface area contributed by atoms with E-state index in [1.54, 1.807) is 0 Å². The van der Waals surface area contributed by atoms with E-state index in [4.69, 9.17) is 0 Å². The highest BCUT2D eigenvalue weighted by Crippen LogP contribution is 2.18. The van der Waals surface area contributed by atoms with Gasteiger partial charge >= 0.3 is 0 Å². The minimum Gasteiger partial charge on any atom is -0.629 e. The molecule has 0 saturated heterocycles. The van der Waals surface area contributed by atoms with Crippen molar-refractivity contribution in [3.8, 4) is 0 Å². The summed E-state index contributed by atoms with van der Waals surface area (Å²) >= 11 is 0. The van der Waals surface area contributed by atoms with Crippen LogP contribution in [-0.2, 0) is 0 Å². The van der Waals surface area contributed by atoms with E-state index in [2.05, 4.69) is 19.1 Å². The Morgan fingerprint density at radius 1 is 0.677 bits per heavy atom. The first-order chi connectivity index (χ1) is 14.9. The van der Waals surface area contributed by atoms with Gasteiger partial charge in [-0.3, -0.25) is 0 Å². The number of hydrogen-bond acceptors (Lipinski definition) is 1. The fourth-order valence-corrected chi connectivity index (χ4v) is 5.19. The molecule has 0 radical (unpaired) electrons. The summed E-state index contributed by atoms with van der Waals surface area (Å²) in [4.78, 5) is 12.1. The second-order valence-corrected chi connectivity index (χ2v) is 12.0. The molecule has 0 fully saturated rings. The molecule has 1 unspecified atom stereocenters. The van der Waals surface area contributed by atoms with Crippen LogP contribution in [0.4, 0.5) is 0 Å². The van der Waals surface area contributed by atoms with Crippen molar-refractivity contribution >= 4 is 13.3 Å². The SMILES string of the molecule is CCCCCCCC/C=C\CCCCCCCCCCCC/[P+]([O-])=C(\O)C[N+](C)(C)C. The van der Waals surface area contributed by atoms with Crippen LogP contribution in [0.3, 0.4) is 0 Å². The molecule has 0 rings (SSSR count). The molecule has 0 heterocycles. The van der Waals surface area contributed by atoms with Crippen LogP contribution in [0, 0.1) is 0 Å². The molecule has 0 aromatic carbocycles. The van der Waals surface area contributed by atoms with Crippen molar-refractivity contribution in [2.75, 3.05) is 33.8 Å². The molecule has 0 aromatic rings. The van der Waals surface area contributed by atoms with Gasteiger partial charge in [-0.1, -0.05) is 96.1 Å². The van der Waals surface area contributed by atoms with Gasteiger partial charge in [0.15, 0.2) is 6.54 Å². The van der Waals surface area contributed by atoms with E-state index in [0.29, 0.717) is 17.2 Å². The van der Waals surface area contributed by atoms with Crippen molar-refractivity contribution in [2.24, 2.45) is 0 Å². The average Bonchev–Trinajstić information content (AvgIpc) is 2.71. The highest BCUT2D eigenvalue weighted by molar-refractivity contribution is 7.51. The van der Waals surface area contributed by atoms with Gasteiger partial charge in [0.05, 0.1) is 28.9 Å². The first-order valence-corrected chi connectivity index (χ1v) is 14.8. The number of nitrogens with zero attached hydrogens (tertiary/aromatic N) is 1. The molecular formula is C27H55NO2P+. The molecule has 4 heteroatoms. The number of likely N-dealkylation sites (N-methyl/N-ethyl adjacent to an activating group) is 1. The Morgan fingerprint density at radius 2 is 1.06 bits per heavy atom. The predicted octanol–water partition coefficient (Wildman–Crippen LogP) is 7.55. The molecule has 0 aromatic heterocycles. The number of quaternary nitrogens is 1. The zero-order chi connectivity index (χ0) is 23.2. The lowest BCUT2D eigenvalue weighted by Gasteiger charge is -2.22. The van der Waals surface area contributed by atoms with Gasteiger partial charge in [-0.15, -0.1) is 0 Å². The summed E-state index contributed by atoms with van der Waals surface area (Å²) in [5, 5.41) is 9.93. The molecule has 0 aliphatic carbocycles. The van der Waals surface area contributed by atoms with Crippen molar-refractivity contribution < 1.29 is 14.5 Å². The van der Waals surface area contributed by atoms with Crippen LogP contribution in [-0.4, -0.2) is 48.9 Å². The van der Waals surface area contributed by atoms with E-state index in [-0.39, 0.29) is 5.48 Å². The molecule has 1 atom stereocenters. The largest absolute Gasteiger partial charge is 0.629 e. The third-order valence-corrected chi connectivity index (χ3v) is 7.22. The number of aliphatic hydroxyl groups excluding tert-OH is 1. The Kier molecular flexibility index (Phi) is 21.5. The highest BCUT2D eigenvalue weighted by Gasteiger charge is 2.16. The van der Waals surface area contributed by atoms with Gasteiger partial charge in [0.2, 0.25) is 0 Å². The molecular weight excluding hydrogens is 401 g/mol. The molecule has 0 aliphatic rings. The van der Waals surface area contributed by atoms with Crippen LogP contribution in [0.2, 0.25) is 0 Å². The van der Waals surface area contributed by atoms with Gasteiger partial charge < -0.3 is 14.5 Å². The lowest BCUT2D eigenvalue weighted by molar-refractivity contribution is -0.861. The second-order valence-electron chi connectivity index (χ2n) is 10.3. The third kappa shape index (κ3) is 24.3. The smallest absolute Gasteiger partial charge is 0.273 e. The maximum Gasteiger partial charge on any atom is 0.273 e. The van der Waals surface area contributed by atoms with E-state index in [9.17, 15) is 10.00 Å². The van der Waals surface area contributed by atoms with Crippen LogP contribution in [0.25, 0.3) is 0 Å².